The molecule has 1 aliphatic heterocycles. The topological polar surface area (TPSA) is 72.5 Å². The van der Waals surface area contributed by atoms with Crippen LogP contribution in [-0.2, 0) is 27.2 Å². The molecule has 0 bridgehead atoms. The number of amides is 1. The van der Waals surface area contributed by atoms with Crippen LogP contribution in [0.4, 0.5) is 5.69 Å². The Labute approximate surface area is 175 Å². The van der Waals surface area contributed by atoms with Gasteiger partial charge in [-0.05, 0) is 69.4 Å². The molecule has 1 N–H and O–H groups in total. The van der Waals surface area contributed by atoms with Crippen molar-refractivity contribution in [3.8, 4) is 0 Å². The van der Waals surface area contributed by atoms with Crippen LogP contribution in [0.2, 0.25) is 0 Å². The second-order valence-electron chi connectivity index (χ2n) is 7.71. The highest BCUT2D eigenvalue weighted by Gasteiger charge is 2.30. The second kappa shape index (κ2) is 8.49. The van der Waals surface area contributed by atoms with Gasteiger partial charge in [0.15, 0.2) is 0 Å². The Morgan fingerprint density at radius 1 is 1.17 bits per heavy atom. The summed E-state index contributed by atoms with van der Waals surface area (Å²) >= 11 is 1.46. The van der Waals surface area contributed by atoms with Crippen molar-refractivity contribution in [3.63, 3.8) is 0 Å². The zero-order valence-electron chi connectivity index (χ0n) is 17.6. The Kier molecular flexibility index (Phi) is 6.22. The number of esters is 1. The maximum absolute atomic E-state index is 12.8. The van der Waals surface area contributed by atoms with Gasteiger partial charge < -0.3 is 10.1 Å². The van der Waals surface area contributed by atoms with Crippen LogP contribution < -0.4 is 5.32 Å². The minimum absolute atomic E-state index is 0.0377. The van der Waals surface area contributed by atoms with Crippen molar-refractivity contribution in [2.24, 2.45) is 5.92 Å². The summed E-state index contributed by atoms with van der Waals surface area (Å²) in [6, 6.07) is 4.08. The van der Waals surface area contributed by atoms with Gasteiger partial charge in [-0.2, -0.15) is 0 Å². The van der Waals surface area contributed by atoms with Gasteiger partial charge >= 0.3 is 5.97 Å². The molecule has 29 heavy (non-hydrogen) atoms. The molecule has 0 spiro atoms. The third-order valence-electron chi connectivity index (χ3n) is 5.58. The van der Waals surface area contributed by atoms with Gasteiger partial charge in [0.05, 0.1) is 12.2 Å². The summed E-state index contributed by atoms with van der Waals surface area (Å²) in [5, 5.41) is 2.94. The number of hydrogen-bond donors (Lipinski definition) is 1. The van der Waals surface area contributed by atoms with Crippen LogP contribution in [0.15, 0.2) is 12.1 Å². The van der Waals surface area contributed by atoms with Crippen LogP contribution in [0.1, 0.15) is 55.7 Å². The molecule has 1 aromatic carbocycles. The SMILES string of the molecule is CCOC(=O)c1c(CC(=O)CC2Cc3cc(C)c(C)cc3NC2=O)sc(C)c1C. The molecule has 0 saturated carbocycles. The van der Waals surface area contributed by atoms with E-state index in [2.05, 4.69) is 11.4 Å². The lowest BCUT2D eigenvalue weighted by molar-refractivity contribution is -0.126. The molecule has 154 valence electrons. The lowest BCUT2D eigenvalue weighted by Crippen LogP contribution is -2.32. The number of benzene rings is 1. The normalized spacial score (nSPS) is 15.6. The first-order valence-corrected chi connectivity index (χ1v) is 10.7. The van der Waals surface area contributed by atoms with Gasteiger partial charge in [-0.25, -0.2) is 4.79 Å². The number of aryl methyl sites for hydroxylation is 3. The second-order valence-corrected chi connectivity index (χ2v) is 9.01. The zero-order chi connectivity index (χ0) is 21.3. The predicted molar refractivity (Wildman–Crippen MR) is 115 cm³/mol. The summed E-state index contributed by atoms with van der Waals surface area (Å²) < 4.78 is 5.16. The number of rotatable bonds is 6. The molecule has 5 nitrogen and oxygen atoms in total. The number of nitrogens with one attached hydrogen (secondary N) is 1. The Morgan fingerprint density at radius 2 is 1.86 bits per heavy atom. The van der Waals surface area contributed by atoms with Crippen LogP contribution in [-0.4, -0.2) is 24.3 Å². The summed E-state index contributed by atoms with van der Waals surface area (Å²) in [4.78, 5) is 39.4. The lowest BCUT2D eigenvalue weighted by atomic mass is 9.87. The summed E-state index contributed by atoms with van der Waals surface area (Å²) in [7, 11) is 0. The molecule has 0 saturated heterocycles. The minimum Gasteiger partial charge on any atom is -0.462 e. The van der Waals surface area contributed by atoms with Crippen molar-refractivity contribution in [1.29, 1.82) is 0 Å². The number of Topliss-reactive ketones (excluding diaryl/α,β-unsaturated/α-hetero) is 1. The summed E-state index contributed by atoms with van der Waals surface area (Å²) in [5.74, 6) is -0.917. The number of hydrogen-bond acceptors (Lipinski definition) is 5. The third kappa shape index (κ3) is 4.42. The molecule has 6 heteroatoms. The molecule has 2 heterocycles. The summed E-state index contributed by atoms with van der Waals surface area (Å²) in [5.41, 5.74) is 5.59. The third-order valence-corrected chi connectivity index (χ3v) is 6.79. The molecular weight excluding hydrogens is 386 g/mol. The van der Waals surface area contributed by atoms with Gasteiger partial charge in [-0.1, -0.05) is 6.07 Å². The number of ketones is 1. The van der Waals surface area contributed by atoms with E-state index in [-0.39, 0.29) is 36.4 Å². The molecule has 1 unspecified atom stereocenters. The Bertz CT molecular complexity index is 989. The fourth-order valence-electron chi connectivity index (χ4n) is 3.74. The van der Waals surface area contributed by atoms with Crippen LogP contribution in [0, 0.1) is 33.6 Å². The fourth-order valence-corrected chi connectivity index (χ4v) is 4.93. The largest absolute Gasteiger partial charge is 0.462 e. The quantitative estimate of drug-likeness (QED) is 0.709. The monoisotopic (exact) mass is 413 g/mol. The van der Waals surface area contributed by atoms with Gasteiger partial charge in [0.25, 0.3) is 0 Å². The van der Waals surface area contributed by atoms with Gasteiger partial charge in [0.1, 0.15) is 5.78 Å². The van der Waals surface area contributed by atoms with Crippen molar-refractivity contribution in [2.75, 3.05) is 11.9 Å². The van der Waals surface area contributed by atoms with E-state index in [1.807, 2.05) is 33.8 Å². The molecule has 0 aliphatic carbocycles. The van der Waals surface area contributed by atoms with Crippen molar-refractivity contribution in [1.82, 2.24) is 0 Å². The van der Waals surface area contributed by atoms with E-state index in [1.54, 1.807) is 6.92 Å². The maximum atomic E-state index is 12.8. The maximum Gasteiger partial charge on any atom is 0.339 e. The minimum atomic E-state index is -0.384. The van der Waals surface area contributed by atoms with E-state index in [1.165, 1.54) is 16.9 Å². The molecule has 0 radical (unpaired) electrons. The van der Waals surface area contributed by atoms with Crippen LogP contribution in [0.25, 0.3) is 0 Å². The number of ether oxygens (including phenoxy) is 1. The standard InChI is InChI=1S/C23H27NO4S/c1-6-28-23(27)21-14(4)15(5)29-20(21)11-18(25)10-17-9-16-7-12(2)13(3)8-19(16)24-22(17)26/h7-8,17H,6,9-11H2,1-5H3,(H,24,26). The van der Waals surface area contributed by atoms with Crippen LogP contribution in [0.3, 0.4) is 0 Å². The van der Waals surface area contributed by atoms with Crippen molar-refractivity contribution >= 4 is 34.7 Å². The molecule has 1 aliphatic rings. The van der Waals surface area contributed by atoms with Crippen LogP contribution in [0.5, 0.6) is 0 Å². The van der Waals surface area contributed by atoms with E-state index in [0.29, 0.717) is 18.6 Å². The number of carbonyl (C=O) groups excluding carboxylic acids is 3. The predicted octanol–water partition coefficient (Wildman–Crippen LogP) is 4.47. The summed E-state index contributed by atoms with van der Waals surface area (Å²) in [6.45, 7) is 9.93. The first-order chi connectivity index (χ1) is 13.7. The van der Waals surface area contributed by atoms with E-state index >= 15 is 0 Å². The van der Waals surface area contributed by atoms with Gasteiger partial charge in [0.2, 0.25) is 5.91 Å². The first-order valence-electron chi connectivity index (χ1n) is 9.89. The van der Waals surface area contributed by atoms with E-state index in [9.17, 15) is 14.4 Å². The number of fused-ring (bicyclic) bond motifs is 1. The van der Waals surface area contributed by atoms with Crippen molar-refractivity contribution in [2.45, 2.75) is 53.9 Å². The highest BCUT2D eigenvalue weighted by molar-refractivity contribution is 7.12. The van der Waals surface area contributed by atoms with Crippen molar-refractivity contribution < 1.29 is 19.1 Å². The average Bonchev–Trinajstić information content (AvgIpc) is 2.91. The van der Waals surface area contributed by atoms with Gasteiger partial charge in [-0.15, -0.1) is 11.3 Å². The number of thiophene rings is 1. The molecule has 3 rings (SSSR count). The fraction of sp³-hybridized carbons (Fsp3) is 0.435. The highest BCUT2D eigenvalue weighted by Crippen LogP contribution is 2.32. The first kappa shape index (κ1) is 21.2. The van der Waals surface area contributed by atoms with Gasteiger partial charge in [0, 0.05) is 34.2 Å². The molecule has 0 fully saturated rings. The smallest absolute Gasteiger partial charge is 0.339 e. The molecule has 1 amide bonds. The molecular formula is C23H27NO4S. The van der Waals surface area contributed by atoms with E-state index < -0.39 is 0 Å². The molecule has 1 atom stereocenters. The lowest BCUT2D eigenvalue weighted by Gasteiger charge is -2.25. The Hall–Kier alpha value is -2.47. The molecule has 2 aromatic rings. The van der Waals surface area contributed by atoms with Crippen molar-refractivity contribution in [3.05, 3.63) is 49.7 Å². The van der Waals surface area contributed by atoms with E-state index in [4.69, 9.17) is 4.74 Å². The number of anilines is 1. The highest BCUT2D eigenvalue weighted by atomic mass is 32.1. The summed E-state index contributed by atoms with van der Waals surface area (Å²) in [6.07, 6.45) is 0.870. The van der Waals surface area contributed by atoms with Crippen LogP contribution >= 0.6 is 11.3 Å². The zero-order valence-corrected chi connectivity index (χ0v) is 18.4. The van der Waals surface area contributed by atoms with Gasteiger partial charge in [-0.3, -0.25) is 9.59 Å². The molecule has 1 aromatic heterocycles. The number of carbonyl (C=O) groups is 3. The Balaban J connectivity index is 1.75. The average molecular weight is 414 g/mol. The van der Waals surface area contributed by atoms with E-state index in [0.717, 1.165) is 32.1 Å². The Morgan fingerprint density at radius 3 is 2.55 bits per heavy atom.